The van der Waals surface area contributed by atoms with Crippen LogP contribution in [0.25, 0.3) is 0 Å². The normalized spacial score (nSPS) is 21.7. The SMILES string of the molecule is C1=CCC(Cc2ccccc2)NC1. The monoisotopic (exact) mass is 173 g/mol. The fourth-order valence-electron chi connectivity index (χ4n) is 1.72. The molecule has 1 aromatic rings. The molecule has 1 nitrogen and oxygen atoms in total. The summed E-state index contributed by atoms with van der Waals surface area (Å²) in [5.41, 5.74) is 1.43. The van der Waals surface area contributed by atoms with Crippen molar-refractivity contribution in [3.05, 3.63) is 48.0 Å². The van der Waals surface area contributed by atoms with Crippen molar-refractivity contribution in [3.63, 3.8) is 0 Å². The molecule has 0 radical (unpaired) electrons. The predicted molar refractivity (Wildman–Crippen MR) is 55.7 cm³/mol. The van der Waals surface area contributed by atoms with Gasteiger partial charge in [0.15, 0.2) is 0 Å². The predicted octanol–water partition coefficient (Wildman–Crippen LogP) is 2.15. The lowest BCUT2D eigenvalue weighted by atomic mass is 10.0. The highest BCUT2D eigenvalue weighted by Crippen LogP contribution is 2.08. The molecule has 0 spiro atoms. The Kier molecular flexibility index (Phi) is 2.78. The van der Waals surface area contributed by atoms with Crippen molar-refractivity contribution >= 4 is 0 Å². The topological polar surface area (TPSA) is 12.0 Å². The lowest BCUT2D eigenvalue weighted by molar-refractivity contribution is 0.525. The number of benzene rings is 1. The zero-order valence-corrected chi connectivity index (χ0v) is 7.74. The minimum absolute atomic E-state index is 0.632. The first kappa shape index (κ1) is 8.52. The van der Waals surface area contributed by atoms with Crippen molar-refractivity contribution in [2.24, 2.45) is 0 Å². The minimum Gasteiger partial charge on any atom is -0.310 e. The van der Waals surface area contributed by atoms with E-state index in [-0.39, 0.29) is 0 Å². The molecule has 1 unspecified atom stereocenters. The second kappa shape index (κ2) is 4.24. The molecule has 0 bridgehead atoms. The van der Waals surface area contributed by atoms with Gasteiger partial charge in [0.2, 0.25) is 0 Å². The van der Waals surface area contributed by atoms with Crippen LogP contribution in [0.5, 0.6) is 0 Å². The minimum atomic E-state index is 0.632. The van der Waals surface area contributed by atoms with E-state index in [1.807, 2.05) is 0 Å². The number of hydrogen-bond acceptors (Lipinski definition) is 1. The highest BCUT2D eigenvalue weighted by atomic mass is 14.9. The largest absolute Gasteiger partial charge is 0.310 e. The highest BCUT2D eigenvalue weighted by Gasteiger charge is 2.08. The molecule has 1 aliphatic rings. The van der Waals surface area contributed by atoms with Gasteiger partial charge in [-0.25, -0.2) is 0 Å². The molecule has 1 aliphatic heterocycles. The van der Waals surface area contributed by atoms with Crippen molar-refractivity contribution < 1.29 is 0 Å². The third-order valence-electron chi connectivity index (χ3n) is 2.44. The zero-order chi connectivity index (χ0) is 8.93. The smallest absolute Gasteiger partial charge is 0.0145 e. The van der Waals surface area contributed by atoms with E-state index >= 15 is 0 Å². The molecule has 0 aliphatic carbocycles. The van der Waals surface area contributed by atoms with Crippen LogP contribution in [0.1, 0.15) is 12.0 Å². The number of nitrogens with one attached hydrogen (secondary N) is 1. The Balaban J connectivity index is 1.94. The van der Waals surface area contributed by atoms with Gasteiger partial charge in [-0.3, -0.25) is 0 Å². The summed E-state index contributed by atoms with van der Waals surface area (Å²) in [6.45, 7) is 1.03. The third kappa shape index (κ3) is 2.43. The molecule has 1 heterocycles. The standard InChI is InChI=1S/C12H15N/c1-2-6-11(7-3-1)10-12-8-4-5-9-13-12/h1-7,12-13H,8-10H2. The van der Waals surface area contributed by atoms with Crippen molar-refractivity contribution in [2.75, 3.05) is 6.54 Å². The summed E-state index contributed by atoms with van der Waals surface area (Å²) in [7, 11) is 0. The van der Waals surface area contributed by atoms with Crippen LogP contribution in [0.2, 0.25) is 0 Å². The average Bonchev–Trinajstić information content (AvgIpc) is 2.21. The molecular weight excluding hydrogens is 158 g/mol. The van der Waals surface area contributed by atoms with E-state index in [2.05, 4.69) is 47.8 Å². The van der Waals surface area contributed by atoms with E-state index < -0.39 is 0 Å². The van der Waals surface area contributed by atoms with Gasteiger partial charge in [0.1, 0.15) is 0 Å². The van der Waals surface area contributed by atoms with Crippen LogP contribution in [0.4, 0.5) is 0 Å². The zero-order valence-electron chi connectivity index (χ0n) is 7.74. The Hall–Kier alpha value is -1.08. The second-order valence-corrected chi connectivity index (χ2v) is 3.50. The molecule has 68 valence electrons. The van der Waals surface area contributed by atoms with Crippen LogP contribution in [-0.2, 0) is 6.42 Å². The van der Waals surface area contributed by atoms with Gasteiger partial charge in [0, 0.05) is 12.6 Å². The van der Waals surface area contributed by atoms with Gasteiger partial charge in [0.25, 0.3) is 0 Å². The van der Waals surface area contributed by atoms with Crippen LogP contribution >= 0.6 is 0 Å². The Morgan fingerprint density at radius 2 is 2.00 bits per heavy atom. The van der Waals surface area contributed by atoms with Gasteiger partial charge in [-0.15, -0.1) is 0 Å². The number of hydrogen-bond donors (Lipinski definition) is 1. The van der Waals surface area contributed by atoms with Gasteiger partial charge in [0.05, 0.1) is 0 Å². The van der Waals surface area contributed by atoms with Crippen molar-refractivity contribution in [1.29, 1.82) is 0 Å². The van der Waals surface area contributed by atoms with Crippen LogP contribution in [0, 0.1) is 0 Å². The molecule has 13 heavy (non-hydrogen) atoms. The summed E-state index contributed by atoms with van der Waals surface area (Å²) in [5.74, 6) is 0. The van der Waals surface area contributed by atoms with E-state index in [0.29, 0.717) is 6.04 Å². The Bertz CT molecular complexity index is 276. The Morgan fingerprint density at radius 1 is 1.15 bits per heavy atom. The first-order valence-electron chi connectivity index (χ1n) is 4.87. The van der Waals surface area contributed by atoms with Gasteiger partial charge < -0.3 is 5.32 Å². The summed E-state index contributed by atoms with van der Waals surface area (Å²) in [6.07, 6.45) is 6.77. The maximum absolute atomic E-state index is 3.48. The van der Waals surface area contributed by atoms with Gasteiger partial charge in [-0.2, -0.15) is 0 Å². The molecule has 0 saturated heterocycles. The lowest BCUT2D eigenvalue weighted by Crippen LogP contribution is -2.33. The van der Waals surface area contributed by atoms with Crippen molar-refractivity contribution in [3.8, 4) is 0 Å². The molecule has 1 atom stereocenters. The third-order valence-corrected chi connectivity index (χ3v) is 2.44. The Morgan fingerprint density at radius 3 is 2.69 bits per heavy atom. The molecule has 0 saturated carbocycles. The fourth-order valence-corrected chi connectivity index (χ4v) is 1.72. The highest BCUT2D eigenvalue weighted by molar-refractivity contribution is 5.16. The van der Waals surface area contributed by atoms with Crippen LogP contribution in [0.15, 0.2) is 42.5 Å². The van der Waals surface area contributed by atoms with Crippen LogP contribution in [0.3, 0.4) is 0 Å². The van der Waals surface area contributed by atoms with Crippen molar-refractivity contribution in [2.45, 2.75) is 18.9 Å². The number of rotatable bonds is 2. The summed E-state index contributed by atoms with van der Waals surface area (Å²) in [6, 6.07) is 11.3. The van der Waals surface area contributed by atoms with E-state index in [0.717, 1.165) is 19.4 Å². The summed E-state index contributed by atoms with van der Waals surface area (Å²) >= 11 is 0. The molecule has 0 amide bonds. The van der Waals surface area contributed by atoms with Crippen molar-refractivity contribution in [1.82, 2.24) is 5.32 Å². The molecule has 1 heteroatoms. The summed E-state index contributed by atoms with van der Waals surface area (Å²) in [4.78, 5) is 0. The maximum atomic E-state index is 3.48. The summed E-state index contributed by atoms with van der Waals surface area (Å²) in [5, 5.41) is 3.48. The molecular formula is C12H15N. The average molecular weight is 173 g/mol. The molecule has 1 aromatic carbocycles. The quantitative estimate of drug-likeness (QED) is 0.676. The van der Waals surface area contributed by atoms with E-state index in [1.165, 1.54) is 5.56 Å². The lowest BCUT2D eigenvalue weighted by Gasteiger charge is -2.19. The molecule has 2 rings (SSSR count). The molecule has 0 fully saturated rings. The van der Waals surface area contributed by atoms with Gasteiger partial charge in [-0.05, 0) is 18.4 Å². The van der Waals surface area contributed by atoms with E-state index in [4.69, 9.17) is 0 Å². The molecule has 0 aromatic heterocycles. The summed E-state index contributed by atoms with van der Waals surface area (Å²) < 4.78 is 0. The van der Waals surface area contributed by atoms with E-state index in [9.17, 15) is 0 Å². The first-order valence-corrected chi connectivity index (χ1v) is 4.87. The first-order chi connectivity index (χ1) is 6.45. The Labute approximate surface area is 79.5 Å². The van der Waals surface area contributed by atoms with Crippen LogP contribution < -0.4 is 5.32 Å². The molecule has 1 N–H and O–H groups in total. The van der Waals surface area contributed by atoms with Gasteiger partial charge >= 0.3 is 0 Å². The second-order valence-electron chi connectivity index (χ2n) is 3.50. The fraction of sp³-hybridized carbons (Fsp3) is 0.333. The van der Waals surface area contributed by atoms with E-state index in [1.54, 1.807) is 0 Å². The maximum Gasteiger partial charge on any atom is 0.0145 e. The van der Waals surface area contributed by atoms with Crippen LogP contribution in [-0.4, -0.2) is 12.6 Å². The van der Waals surface area contributed by atoms with Gasteiger partial charge in [-0.1, -0.05) is 42.5 Å².